The summed E-state index contributed by atoms with van der Waals surface area (Å²) in [6.45, 7) is 4.38. The molecule has 1 aromatic heterocycles. The molecular formula is C16H21N5O4S. The van der Waals surface area contributed by atoms with Gasteiger partial charge in [0.2, 0.25) is 10.0 Å². The van der Waals surface area contributed by atoms with Crippen molar-refractivity contribution < 1.29 is 13.3 Å². The van der Waals surface area contributed by atoms with E-state index in [0.29, 0.717) is 32.7 Å². The van der Waals surface area contributed by atoms with E-state index in [1.807, 2.05) is 20.2 Å². The molecule has 0 atom stereocenters. The fourth-order valence-electron chi connectivity index (χ4n) is 3.14. The number of rotatable bonds is 5. The zero-order chi connectivity index (χ0) is 18.9. The van der Waals surface area contributed by atoms with Crippen LogP contribution in [0.5, 0.6) is 0 Å². The number of aryl methyl sites for hydroxylation is 2. The molecule has 0 radical (unpaired) electrons. The van der Waals surface area contributed by atoms with Crippen molar-refractivity contribution in [2.75, 3.05) is 26.2 Å². The third kappa shape index (κ3) is 3.62. The predicted molar refractivity (Wildman–Crippen MR) is 95.1 cm³/mol. The normalized spacial score (nSPS) is 16.7. The number of nitrogens with zero attached hydrogens (tertiary/aromatic N) is 5. The molecule has 2 aromatic rings. The number of piperazine rings is 1. The average Bonchev–Trinajstić information content (AvgIpc) is 2.92. The van der Waals surface area contributed by atoms with Gasteiger partial charge in [-0.15, -0.1) is 0 Å². The lowest BCUT2D eigenvalue weighted by atomic mass is 10.2. The maximum absolute atomic E-state index is 12.8. The van der Waals surface area contributed by atoms with Gasteiger partial charge < -0.3 is 0 Å². The second-order valence-electron chi connectivity index (χ2n) is 6.32. The van der Waals surface area contributed by atoms with Gasteiger partial charge in [0, 0.05) is 57.6 Å². The van der Waals surface area contributed by atoms with Gasteiger partial charge in [-0.05, 0) is 13.0 Å². The molecule has 0 aliphatic carbocycles. The van der Waals surface area contributed by atoms with E-state index in [9.17, 15) is 18.5 Å². The molecular weight excluding hydrogens is 358 g/mol. The monoisotopic (exact) mass is 379 g/mol. The van der Waals surface area contributed by atoms with Crippen LogP contribution in [-0.4, -0.2) is 58.5 Å². The van der Waals surface area contributed by atoms with Crippen molar-refractivity contribution in [1.29, 1.82) is 0 Å². The molecule has 9 nitrogen and oxygen atoms in total. The minimum Gasteiger partial charge on any atom is -0.296 e. The van der Waals surface area contributed by atoms with E-state index in [0.717, 1.165) is 11.3 Å². The van der Waals surface area contributed by atoms with Crippen LogP contribution >= 0.6 is 0 Å². The van der Waals surface area contributed by atoms with Gasteiger partial charge in [-0.2, -0.15) is 9.40 Å². The third-order valence-electron chi connectivity index (χ3n) is 4.52. The summed E-state index contributed by atoms with van der Waals surface area (Å²) in [7, 11) is -2.02. The molecule has 1 aromatic carbocycles. The summed E-state index contributed by atoms with van der Waals surface area (Å²) in [5, 5.41) is 15.5. The first kappa shape index (κ1) is 18.5. The molecule has 140 valence electrons. The van der Waals surface area contributed by atoms with Gasteiger partial charge in [-0.3, -0.25) is 19.7 Å². The molecule has 0 saturated carbocycles. The van der Waals surface area contributed by atoms with Gasteiger partial charge >= 0.3 is 0 Å². The smallest absolute Gasteiger partial charge is 0.289 e. The second-order valence-corrected chi connectivity index (χ2v) is 8.22. The Bertz CT molecular complexity index is 916. The van der Waals surface area contributed by atoms with Crippen molar-refractivity contribution in [3.63, 3.8) is 0 Å². The van der Waals surface area contributed by atoms with Crippen LogP contribution in [-0.2, 0) is 23.6 Å². The van der Waals surface area contributed by atoms with E-state index >= 15 is 0 Å². The van der Waals surface area contributed by atoms with Crippen molar-refractivity contribution in [1.82, 2.24) is 19.0 Å². The summed E-state index contributed by atoms with van der Waals surface area (Å²) in [6.07, 6.45) is 1.96. The molecule has 0 bridgehead atoms. The highest BCUT2D eigenvalue weighted by Crippen LogP contribution is 2.27. The standard InChI is InChI=1S/C16H21N5O4S/c1-13-14(11-18(2)17-13)12-19-7-9-20(10-8-19)26(24,25)16-6-4-3-5-15(16)21(22)23/h3-6,11H,7-10,12H2,1-2H3. The van der Waals surface area contributed by atoms with Crippen molar-refractivity contribution in [3.8, 4) is 0 Å². The van der Waals surface area contributed by atoms with Gasteiger partial charge in [0.05, 0.1) is 10.6 Å². The molecule has 1 aliphatic heterocycles. The Morgan fingerprint density at radius 1 is 1.19 bits per heavy atom. The second kappa shape index (κ2) is 7.14. The Kier molecular flexibility index (Phi) is 5.08. The van der Waals surface area contributed by atoms with Crippen LogP contribution < -0.4 is 0 Å². The summed E-state index contributed by atoms with van der Waals surface area (Å²) in [5.74, 6) is 0. The Hall–Kier alpha value is -2.30. The Labute approximate surface area is 152 Å². The number of sulfonamides is 1. The van der Waals surface area contributed by atoms with E-state index in [2.05, 4.69) is 10.00 Å². The number of aromatic nitrogens is 2. The van der Waals surface area contributed by atoms with Crippen molar-refractivity contribution in [2.24, 2.45) is 7.05 Å². The fourth-order valence-corrected chi connectivity index (χ4v) is 4.72. The molecule has 0 unspecified atom stereocenters. The molecule has 0 spiro atoms. The minimum atomic E-state index is -3.89. The lowest BCUT2D eigenvalue weighted by molar-refractivity contribution is -0.387. The van der Waals surface area contributed by atoms with Crippen molar-refractivity contribution in [3.05, 3.63) is 51.8 Å². The zero-order valence-electron chi connectivity index (χ0n) is 14.7. The SMILES string of the molecule is Cc1nn(C)cc1CN1CCN(S(=O)(=O)c2ccccc2[N+](=O)[O-])CC1. The first-order valence-corrected chi connectivity index (χ1v) is 9.68. The summed E-state index contributed by atoms with van der Waals surface area (Å²) in [6, 6.07) is 5.47. The van der Waals surface area contributed by atoms with E-state index < -0.39 is 14.9 Å². The Balaban J connectivity index is 1.71. The maximum atomic E-state index is 12.8. The maximum Gasteiger partial charge on any atom is 0.289 e. The highest BCUT2D eigenvalue weighted by molar-refractivity contribution is 7.89. The van der Waals surface area contributed by atoms with Crippen LogP contribution in [0.2, 0.25) is 0 Å². The minimum absolute atomic E-state index is 0.249. The van der Waals surface area contributed by atoms with E-state index in [1.165, 1.54) is 28.6 Å². The van der Waals surface area contributed by atoms with E-state index in [1.54, 1.807) is 4.68 Å². The summed E-state index contributed by atoms with van der Waals surface area (Å²) in [4.78, 5) is 12.4. The largest absolute Gasteiger partial charge is 0.296 e. The molecule has 1 aliphatic rings. The van der Waals surface area contributed by atoms with Gasteiger partial charge in [-0.1, -0.05) is 12.1 Å². The number of benzene rings is 1. The fraction of sp³-hybridized carbons (Fsp3) is 0.438. The van der Waals surface area contributed by atoms with Crippen molar-refractivity contribution in [2.45, 2.75) is 18.4 Å². The van der Waals surface area contributed by atoms with Crippen LogP contribution in [0.15, 0.2) is 35.4 Å². The number of hydrogen-bond donors (Lipinski definition) is 0. The summed E-state index contributed by atoms with van der Waals surface area (Å²) >= 11 is 0. The lowest BCUT2D eigenvalue weighted by Gasteiger charge is -2.33. The van der Waals surface area contributed by atoms with Gasteiger partial charge in [0.25, 0.3) is 5.69 Å². The molecule has 1 fully saturated rings. The quantitative estimate of drug-likeness (QED) is 0.570. The van der Waals surface area contributed by atoms with Gasteiger partial charge in [0.1, 0.15) is 0 Å². The molecule has 1 saturated heterocycles. The Morgan fingerprint density at radius 2 is 1.85 bits per heavy atom. The molecule has 2 heterocycles. The van der Waals surface area contributed by atoms with Crippen LogP contribution in [0.25, 0.3) is 0 Å². The zero-order valence-corrected chi connectivity index (χ0v) is 15.5. The third-order valence-corrected chi connectivity index (χ3v) is 6.47. The molecule has 0 amide bonds. The number of nitro benzene ring substituents is 1. The molecule has 26 heavy (non-hydrogen) atoms. The number of nitro groups is 1. The van der Waals surface area contributed by atoms with Gasteiger partial charge in [0.15, 0.2) is 4.90 Å². The van der Waals surface area contributed by atoms with E-state index in [4.69, 9.17) is 0 Å². The highest BCUT2D eigenvalue weighted by atomic mass is 32.2. The first-order chi connectivity index (χ1) is 12.3. The predicted octanol–water partition coefficient (Wildman–Crippen LogP) is 1.14. The van der Waals surface area contributed by atoms with Gasteiger partial charge in [-0.25, -0.2) is 8.42 Å². The molecule has 3 rings (SSSR count). The van der Waals surface area contributed by atoms with Crippen molar-refractivity contribution >= 4 is 15.7 Å². The Morgan fingerprint density at radius 3 is 2.42 bits per heavy atom. The number of para-hydroxylation sites is 1. The lowest BCUT2D eigenvalue weighted by Crippen LogP contribution is -2.48. The molecule has 10 heteroatoms. The average molecular weight is 379 g/mol. The van der Waals surface area contributed by atoms with Crippen LogP contribution in [0, 0.1) is 17.0 Å². The number of hydrogen-bond acceptors (Lipinski definition) is 6. The summed E-state index contributed by atoms with van der Waals surface area (Å²) in [5.41, 5.74) is 1.69. The first-order valence-electron chi connectivity index (χ1n) is 8.24. The van der Waals surface area contributed by atoms with Crippen LogP contribution in [0.4, 0.5) is 5.69 Å². The van der Waals surface area contributed by atoms with Crippen LogP contribution in [0.1, 0.15) is 11.3 Å². The summed E-state index contributed by atoms with van der Waals surface area (Å²) < 4.78 is 28.7. The highest BCUT2D eigenvalue weighted by Gasteiger charge is 2.33. The molecule has 0 N–H and O–H groups in total. The van der Waals surface area contributed by atoms with E-state index in [-0.39, 0.29) is 10.6 Å². The van der Waals surface area contributed by atoms with Crippen LogP contribution in [0.3, 0.4) is 0 Å². The topological polar surface area (TPSA) is 102 Å².